The highest BCUT2D eigenvalue weighted by Gasteiger charge is 2.21. The lowest BCUT2D eigenvalue weighted by molar-refractivity contribution is -0.129. The molecule has 0 saturated carbocycles. The fourth-order valence-electron chi connectivity index (χ4n) is 1.44. The van der Waals surface area contributed by atoms with Crippen LogP contribution >= 0.6 is 0 Å². The van der Waals surface area contributed by atoms with Crippen LogP contribution < -0.4 is 0 Å². The van der Waals surface area contributed by atoms with Crippen molar-refractivity contribution in [3.8, 4) is 0 Å². The first-order chi connectivity index (χ1) is 6.15. The van der Waals surface area contributed by atoms with Crippen LogP contribution in [-0.2, 0) is 4.79 Å². The van der Waals surface area contributed by atoms with Crippen molar-refractivity contribution in [2.24, 2.45) is 0 Å². The molecule has 0 aromatic carbocycles. The molecule has 3 nitrogen and oxygen atoms in total. The predicted molar refractivity (Wildman–Crippen MR) is 51.3 cm³/mol. The van der Waals surface area contributed by atoms with Crippen molar-refractivity contribution in [2.45, 2.75) is 32.8 Å². The number of likely N-dealkylation sites (tertiary alicyclic amines) is 1. The van der Waals surface area contributed by atoms with E-state index in [9.17, 15) is 9.90 Å². The molecule has 1 rings (SSSR count). The third kappa shape index (κ3) is 2.56. The second kappa shape index (κ2) is 4.42. The standard InChI is InChI=1S/C10H17NO2/c1-3-8(2)10(13)11-6-4-9(12)5-7-11/h3,9,12H,4-7H2,1-2H3. The normalized spacial score (nSPS) is 20.5. The first-order valence-corrected chi connectivity index (χ1v) is 4.75. The highest BCUT2D eigenvalue weighted by atomic mass is 16.3. The van der Waals surface area contributed by atoms with Crippen LogP contribution in [0.25, 0.3) is 0 Å². The Balaban J connectivity index is 2.50. The quantitative estimate of drug-likeness (QED) is 0.614. The lowest BCUT2D eigenvalue weighted by atomic mass is 10.1. The Bertz CT molecular complexity index is 215. The summed E-state index contributed by atoms with van der Waals surface area (Å²) in [5.41, 5.74) is 0.788. The largest absolute Gasteiger partial charge is 0.393 e. The van der Waals surface area contributed by atoms with E-state index in [-0.39, 0.29) is 12.0 Å². The van der Waals surface area contributed by atoms with Crippen molar-refractivity contribution in [3.05, 3.63) is 11.6 Å². The van der Waals surface area contributed by atoms with Gasteiger partial charge in [-0.15, -0.1) is 0 Å². The van der Waals surface area contributed by atoms with Gasteiger partial charge in [-0.25, -0.2) is 0 Å². The second-order valence-corrected chi connectivity index (χ2v) is 3.50. The number of carbonyl (C=O) groups excluding carboxylic acids is 1. The van der Waals surface area contributed by atoms with Crippen molar-refractivity contribution < 1.29 is 9.90 Å². The van der Waals surface area contributed by atoms with Gasteiger partial charge in [0.05, 0.1) is 6.10 Å². The summed E-state index contributed by atoms with van der Waals surface area (Å²) in [4.78, 5) is 13.4. The summed E-state index contributed by atoms with van der Waals surface area (Å²) in [6.07, 6.45) is 3.04. The number of allylic oxidation sites excluding steroid dienone is 1. The van der Waals surface area contributed by atoms with Crippen molar-refractivity contribution in [2.75, 3.05) is 13.1 Å². The first-order valence-electron chi connectivity index (χ1n) is 4.75. The van der Waals surface area contributed by atoms with Gasteiger partial charge in [-0.2, -0.15) is 0 Å². The molecule has 1 heterocycles. The molecule has 0 radical (unpaired) electrons. The SMILES string of the molecule is CC=C(C)C(=O)N1CCC(O)CC1. The molecule has 3 heteroatoms. The Morgan fingerprint density at radius 3 is 2.46 bits per heavy atom. The van der Waals surface area contributed by atoms with Crippen molar-refractivity contribution in [1.82, 2.24) is 4.90 Å². The predicted octanol–water partition coefficient (Wildman–Crippen LogP) is 0.936. The maximum absolute atomic E-state index is 11.6. The third-order valence-corrected chi connectivity index (χ3v) is 2.52. The number of piperidine rings is 1. The molecule has 0 aromatic heterocycles. The van der Waals surface area contributed by atoms with E-state index in [0.29, 0.717) is 25.9 Å². The molecule has 1 aliphatic heterocycles. The second-order valence-electron chi connectivity index (χ2n) is 3.50. The zero-order valence-corrected chi connectivity index (χ0v) is 8.29. The molecule has 13 heavy (non-hydrogen) atoms. The summed E-state index contributed by atoms with van der Waals surface area (Å²) in [5.74, 6) is 0.106. The van der Waals surface area contributed by atoms with E-state index in [0.717, 1.165) is 5.57 Å². The highest BCUT2D eigenvalue weighted by Crippen LogP contribution is 2.12. The molecule has 1 aliphatic rings. The minimum Gasteiger partial charge on any atom is -0.393 e. The van der Waals surface area contributed by atoms with E-state index in [1.54, 1.807) is 0 Å². The Labute approximate surface area is 79.0 Å². The highest BCUT2D eigenvalue weighted by molar-refractivity contribution is 5.92. The van der Waals surface area contributed by atoms with Crippen molar-refractivity contribution in [3.63, 3.8) is 0 Å². The summed E-state index contributed by atoms with van der Waals surface area (Å²) in [6.45, 7) is 5.07. The number of amides is 1. The number of nitrogens with zero attached hydrogens (tertiary/aromatic N) is 1. The molecule has 1 fully saturated rings. The van der Waals surface area contributed by atoms with Crippen molar-refractivity contribution in [1.29, 1.82) is 0 Å². The zero-order valence-electron chi connectivity index (χ0n) is 8.29. The number of carbonyl (C=O) groups is 1. The monoisotopic (exact) mass is 183 g/mol. The third-order valence-electron chi connectivity index (χ3n) is 2.52. The molecule has 1 saturated heterocycles. The zero-order chi connectivity index (χ0) is 9.84. The maximum Gasteiger partial charge on any atom is 0.249 e. The number of hydrogen-bond acceptors (Lipinski definition) is 2. The number of rotatable bonds is 1. The Kier molecular flexibility index (Phi) is 3.48. The molecule has 74 valence electrons. The molecular formula is C10H17NO2. The van der Waals surface area contributed by atoms with Gasteiger partial charge in [0.25, 0.3) is 0 Å². The van der Waals surface area contributed by atoms with Crippen LogP contribution in [-0.4, -0.2) is 35.1 Å². The van der Waals surface area contributed by atoms with E-state index in [1.807, 2.05) is 24.8 Å². The molecule has 0 atom stereocenters. The van der Waals surface area contributed by atoms with Gasteiger partial charge in [0.2, 0.25) is 5.91 Å². The minimum atomic E-state index is -0.213. The molecule has 1 amide bonds. The summed E-state index contributed by atoms with van der Waals surface area (Å²) < 4.78 is 0. The van der Waals surface area contributed by atoms with E-state index < -0.39 is 0 Å². The van der Waals surface area contributed by atoms with E-state index in [4.69, 9.17) is 0 Å². The van der Waals surface area contributed by atoms with Gasteiger partial charge in [0, 0.05) is 18.7 Å². The molecule has 1 N–H and O–H groups in total. The van der Waals surface area contributed by atoms with Crippen LogP contribution in [0.4, 0.5) is 0 Å². The number of hydrogen-bond donors (Lipinski definition) is 1. The molecule has 0 aromatic rings. The molecular weight excluding hydrogens is 166 g/mol. The average Bonchev–Trinajstić information content (AvgIpc) is 2.17. The number of aliphatic hydroxyl groups is 1. The fourth-order valence-corrected chi connectivity index (χ4v) is 1.44. The Morgan fingerprint density at radius 2 is 2.00 bits per heavy atom. The summed E-state index contributed by atoms with van der Waals surface area (Å²) >= 11 is 0. The topological polar surface area (TPSA) is 40.5 Å². The van der Waals surface area contributed by atoms with Crippen LogP contribution in [0, 0.1) is 0 Å². The van der Waals surface area contributed by atoms with Crippen molar-refractivity contribution >= 4 is 5.91 Å². The average molecular weight is 183 g/mol. The Hall–Kier alpha value is -0.830. The lowest BCUT2D eigenvalue weighted by Gasteiger charge is -2.29. The Morgan fingerprint density at radius 1 is 1.46 bits per heavy atom. The summed E-state index contributed by atoms with van der Waals surface area (Å²) in [7, 11) is 0. The van der Waals surface area contributed by atoms with Gasteiger partial charge in [0.15, 0.2) is 0 Å². The fraction of sp³-hybridized carbons (Fsp3) is 0.700. The molecule has 0 unspecified atom stereocenters. The van der Waals surface area contributed by atoms with Crippen LogP contribution in [0.1, 0.15) is 26.7 Å². The van der Waals surface area contributed by atoms with Crippen LogP contribution in [0.2, 0.25) is 0 Å². The van der Waals surface area contributed by atoms with Gasteiger partial charge >= 0.3 is 0 Å². The van der Waals surface area contributed by atoms with Gasteiger partial charge in [0.1, 0.15) is 0 Å². The summed E-state index contributed by atoms with van der Waals surface area (Å²) in [5, 5.41) is 9.25. The van der Waals surface area contributed by atoms with Gasteiger partial charge in [-0.05, 0) is 26.7 Å². The smallest absolute Gasteiger partial charge is 0.249 e. The minimum absolute atomic E-state index is 0.106. The van der Waals surface area contributed by atoms with E-state index in [2.05, 4.69) is 0 Å². The molecule has 0 spiro atoms. The van der Waals surface area contributed by atoms with Gasteiger partial charge < -0.3 is 10.0 Å². The maximum atomic E-state index is 11.6. The number of aliphatic hydroxyl groups excluding tert-OH is 1. The first kappa shape index (κ1) is 10.3. The van der Waals surface area contributed by atoms with E-state index in [1.165, 1.54) is 0 Å². The summed E-state index contributed by atoms with van der Waals surface area (Å²) in [6, 6.07) is 0. The van der Waals surface area contributed by atoms with Crippen LogP contribution in [0.5, 0.6) is 0 Å². The van der Waals surface area contributed by atoms with Crippen LogP contribution in [0.3, 0.4) is 0 Å². The van der Waals surface area contributed by atoms with Gasteiger partial charge in [-0.1, -0.05) is 6.08 Å². The van der Waals surface area contributed by atoms with Gasteiger partial charge in [-0.3, -0.25) is 4.79 Å². The lowest BCUT2D eigenvalue weighted by Crippen LogP contribution is -2.40. The molecule has 0 aliphatic carbocycles. The van der Waals surface area contributed by atoms with Crippen LogP contribution in [0.15, 0.2) is 11.6 Å². The molecule has 0 bridgehead atoms. The van der Waals surface area contributed by atoms with E-state index >= 15 is 0 Å².